The van der Waals surface area contributed by atoms with Gasteiger partial charge in [-0.05, 0) is 37.5 Å². The number of urea groups is 1. The van der Waals surface area contributed by atoms with Crippen molar-refractivity contribution >= 4 is 17.6 Å². The highest BCUT2D eigenvalue weighted by atomic mass is 16.2. The first-order valence-corrected chi connectivity index (χ1v) is 9.12. The quantitative estimate of drug-likeness (QED) is 0.668. The highest BCUT2D eigenvalue weighted by molar-refractivity contribution is 6.02. The van der Waals surface area contributed by atoms with Crippen molar-refractivity contribution in [1.29, 1.82) is 0 Å². The van der Waals surface area contributed by atoms with Crippen LogP contribution in [0.25, 0.3) is 0 Å². The average molecular weight is 368 g/mol. The Morgan fingerprint density at radius 2 is 1.78 bits per heavy atom. The van der Waals surface area contributed by atoms with Gasteiger partial charge in [0.15, 0.2) is 0 Å². The molecule has 2 rings (SSSR count). The molecule has 0 aliphatic carbocycles. The maximum atomic E-state index is 12.2. The van der Waals surface area contributed by atoms with Gasteiger partial charge in [-0.2, -0.15) is 0 Å². The fourth-order valence-electron chi connectivity index (χ4n) is 2.86. The van der Waals surface area contributed by atoms with Gasteiger partial charge in [0.25, 0.3) is 0 Å². The number of anilines is 1. The van der Waals surface area contributed by atoms with Crippen LogP contribution < -0.4 is 16.4 Å². The van der Waals surface area contributed by atoms with E-state index in [9.17, 15) is 9.59 Å². The van der Waals surface area contributed by atoms with Gasteiger partial charge in [-0.15, -0.1) is 0 Å². The number of carbonyl (C=O) groups is 2. The third-order valence-corrected chi connectivity index (χ3v) is 4.26. The second kappa shape index (κ2) is 10.4. The molecule has 4 N–H and O–H groups in total. The molecule has 6 nitrogen and oxygen atoms in total. The van der Waals surface area contributed by atoms with Crippen LogP contribution in [0, 0.1) is 13.8 Å². The van der Waals surface area contributed by atoms with E-state index in [2.05, 4.69) is 22.8 Å². The minimum atomic E-state index is -0.525. The Kier molecular flexibility index (Phi) is 7.98. The number of amides is 3. The molecule has 0 aliphatic heterocycles. The molecular weight excluding hydrogens is 340 g/mol. The number of nitrogens with one attached hydrogen (secondary N) is 2. The summed E-state index contributed by atoms with van der Waals surface area (Å²) in [4.78, 5) is 26.3. The molecule has 0 bridgehead atoms. The number of hydrogen-bond donors (Lipinski definition) is 3. The number of imide groups is 1. The van der Waals surface area contributed by atoms with Gasteiger partial charge in [0.1, 0.15) is 0 Å². The maximum Gasteiger partial charge on any atom is 0.325 e. The van der Waals surface area contributed by atoms with Crippen molar-refractivity contribution in [2.75, 3.05) is 31.5 Å². The lowest BCUT2D eigenvalue weighted by atomic mass is 10.1. The minimum absolute atomic E-state index is 0.129. The fraction of sp³-hybridized carbons (Fsp3) is 0.333. The Morgan fingerprint density at radius 1 is 1.04 bits per heavy atom. The zero-order chi connectivity index (χ0) is 19.6. The van der Waals surface area contributed by atoms with Crippen LogP contribution in [0.5, 0.6) is 0 Å². The van der Waals surface area contributed by atoms with Crippen LogP contribution in [-0.2, 0) is 11.2 Å². The standard InChI is InChI=1S/C21H28N4O2/c1-16-8-9-19(17(2)14-16)23-21(27)24-20(26)15-25(13-11-22)12-10-18-6-4-3-5-7-18/h3-9,14H,10-13,15,22H2,1-2H3,(H2,23,24,26,27). The van der Waals surface area contributed by atoms with E-state index in [4.69, 9.17) is 5.73 Å². The molecule has 144 valence electrons. The first-order chi connectivity index (χ1) is 13.0. The van der Waals surface area contributed by atoms with E-state index in [1.54, 1.807) is 0 Å². The molecule has 0 unspecified atom stereocenters. The number of rotatable bonds is 8. The second-order valence-corrected chi connectivity index (χ2v) is 6.62. The predicted molar refractivity (Wildman–Crippen MR) is 109 cm³/mol. The van der Waals surface area contributed by atoms with E-state index < -0.39 is 6.03 Å². The predicted octanol–water partition coefficient (Wildman–Crippen LogP) is 2.45. The van der Waals surface area contributed by atoms with Crippen LogP contribution in [-0.4, -0.2) is 43.0 Å². The summed E-state index contributed by atoms with van der Waals surface area (Å²) in [6.07, 6.45) is 0.822. The number of nitrogens with zero attached hydrogens (tertiary/aromatic N) is 1. The molecule has 0 fully saturated rings. The molecule has 0 radical (unpaired) electrons. The van der Waals surface area contributed by atoms with E-state index in [1.165, 1.54) is 5.56 Å². The van der Waals surface area contributed by atoms with E-state index >= 15 is 0 Å². The summed E-state index contributed by atoms with van der Waals surface area (Å²) in [5.41, 5.74) is 9.61. The van der Waals surface area contributed by atoms with Gasteiger partial charge >= 0.3 is 6.03 Å². The molecule has 0 aromatic heterocycles. The summed E-state index contributed by atoms with van der Waals surface area (Å²) in [6, 6.07) is 15.3. The Balaban J connectivity index is 1.84. The van der Waals surface area contributed by atoms with Crippen molar-refractivity contribution in [3.05, 3.63) is 65.2 Å². The molecule has 0 saturated carbocycles. The van der Waals surface area contributed by atoms with Crippen LogP contribution in [0.4, 0.5) is 10.5 Å². The summed E-state index contributed by atoms with van der Waals surface area (Å²) in [7, 11) is 0. The number of nitrogens with two attached hydrogens (primary N) is 1. The Hall–Kier alpha value is -2.70. The molecule has 27 heavy (non-hydrogen) atoms. The molecule has 0 spiro atoms. The van der Waals surface area contributed by atoms with Crippen molar-refractivity contribution in [2.45, 2.75) is 20.3 Å². The Bertz CT molecular complexity index is 762. The number of hydrogen-bond acceptors (Lipinski definition) is 4. The third kappa shape index (κ3) is 7.21. The highest BCUT2D eigenvalue weighted by Gasteiger charge is 2.13. The van der Waals surface area contributed by atoms with Gasteiger partial charge < -0.3 is 11.1 Å². The first-order valence-electron chi connectivity index (χ1n) is 9.12. The highest BCUT2D eigenvalue weighted by Crippen LogP contribution is 2.15. The first kappa shape index (κ1) is 20.6. The lowest BCUT2D eigenvalue weighted by Crippen LogP contribution is -2.43. The average Bonchev–Trinajstić information content (AvgIpc) is 2.63. The monoisotopic (exact) mass is 368 g/mol. The number of carbonyl (C=O) groups excluding carboxylic acids is 2. The summed E-state index contributed by atoms with van der Waals surface area (Å²) in [5, 5.41) is 5.10. The van der Waals surface area contributed by atoms with Crippen LogP contribution >= 0.6 is 0 Å². The van der Waals surface area contributed by atoms with E-state index in [-0.39, 0.29) is 12.5 Å². The second-order valence-electron chi connectivity index (χ2n) is 6.62. The summed E-state index contributed by atoms with van der Waals surface area (Å²) < 4.78 is 0. The SMILES string of the molecule is Cc1ccc(NC(=O)NC(=O)CN(CCN)CCc2ccccc2)c(C)c1. The van der Waals surface area contributed by atoms with E-state index in [0.717, 1.165) is 17.5 Å². The van der Waals surface area contributed by atoms with Crippen molar-refractivity contribution in [3.8, 4) is 0 Å². The van der Waals surface area contributed by atoms with Gasteiger partial charge in [-0.3, -0.25) is 15.0 Å². The molecule has 0 atom stereocenters. The van der Waals surface area contributed by atoms with Crippen LogP contribution in [0.15, 0.2) is 48.5 Å². The lowest BCUT2D eigenvalue weighted by molar-refractivity contribution is -0.121. The minimum Gasteiger partial charge on any atom is -0.329 e. The molecule has 3 amide bonds. The van der Waals surface area contributed by atoms with Gasteiger partial charge in [0.2, 0.25) is 5.91 Å². The smallest absolute Gasteiger partial charge is 0.325 e. The number of aryl methyl sites for hydroxylation is 2. The molecule has 2 aromatic rings. The summed E-state index contributed by atoms with van der Waals surface area (Å²) >= 11 is 0. The van der Waals surface area contributed by atoms with Crippen LogP contribution in [0.1, 0.15) is 16.7 Å². The zero-order valence-electron chi connectivity index (χ0n) is 16.0. The molecular formula is C21H28N4O2. The maximum absolute atomic E-state index is 12.2. The Morgan fingerprint density at radius 3 is 2.44 bits per heavy atom. The van der Waals surface area contributed by atoms with Gasteiger partial charge in [0, 0.05) is 25.3 Å². The molecule has 0 heterocycles. The van der Waals surface area contributed by atoms with Gasteiger partial charge in [-0.25, -0.2) is 4.79 Å². The van der Waals surface area contributed by atoms with Crippen molar-refractivity contribution in [3.63, 3.8) is 0 Å². The molecule has 6 heteroatoms. The summed E-state index contributed by atoms with van der Waals surface area (Å²) in [5.74, 6) is -0.348. The fourth-order valence-corrected chi connectivity index (χ4v) is 2.86. The normalized spacial score (nSPS) is 10.7. The summed E-state index contributed by atoms with van der Waals surface area (Å²) in [6.45, 7) is 5.78. The van der Waals surface area contributed by atoms with Crippen molar-refractivity contribution < 1.29 is 9.59 Å². The molecule has 0 saturated heterocycles. The van der Waals surface area contributed by atoms with Crippen molar-refractivity contribution in [1.82, 2.24) is 10.2 Å². The van der Waals surface area contributed by atoms with E-state index in [0.29, 0.717) is 25.3 Å². The largest absolute Gasteiger partial charge is 0.329 e. The van der Waals surface area contributed by atoms with Gasteiger partial charge in [0.05, 0.1) is 6.54 Å². The van der Waals surface area contributed by atoms with Crippen LogP contribution in [0.2, 0.25) is 0 Å². The number of benzene rings is 2. The molecule has 0 aliphatic rings. The lowest BCUT2D eigenvalue weighted by Gasteiger charge is -2.21. The Labute approximate surface area is 160 Å². The molecule has 2 aromatic carbocycles. The third-order valence-electron chi connectivity index (χ3n) is 4.26. The van der Waals surface area contributed by atoms with Crippen LogP contribution in [0.3, 0.4) is 0 Å². The topological polar surface area (TPSA) is 87.5 Å². The van der Waals surface area contributed by atoms with E-state index in [1.807, 2.05) is 55.1 Å². The van der Waals surface area contributed by atoms with Gasteiger partial charge in [-0.1, -0.05) is 48.0 Å². The van der Waals surface area contributed by atoms with Crippen molar-refractivity contribution in [2.24, 2.45) is 5.73 Å². The zero-order valence-corrected chi connectivity index (χ0v) is 16.0.